The number of rotatable bonds is 5. The highest BCUT2D eigenvalue weighted by Crippen LogP contribution is 2.07. The molecule has 0 aliphatic heterocycles. The van der Waals surface area contributed by atoms with Gasteiger partial charge < -0.3 is 10.5 Å². The summed E-state index contributed by atoms with van der Waals surface area (Å²) in [6.07, 6.45) is 1.96. The molecule has 0 spiro atoms. The second kappa shape index (κ2) is 6.02. The van der Waals surface area contributed by atoms with Crippen molar-refractivity contribution in [3.8, 4) is 0 Å². The SMILES string of the molecule is COC(=O)C(N)CCc1cccc(C=O)c1. The van der Waals surface area contributed by atoms with E-state index in [0.29, 0.717) is 18.4 Å². The van der Waals surface area contributed by atoms with Crippen molar-refractivity contribution in [3.05, 3.63) is 35.4 Å². The van der Waals surface area contributed by atoms with E-state index in [1.54, 1.807) is 12.1 Å². The summed E-state index contributed by atoms with van der Waals surface area (Å²) >= 11 is 0. The van der Waals surface area contributed by atoms with Crippen molar-refractivity contribution in [1.29, 1.82) is 0 Å². The van der Waals surface area contributed by atoms with Gasteiger partial charge in [-0.2, -0.15) is 0 Å². The first-order valence-electron chi connectivity index (χ1n) is 5.05. The van der Waals surface area contributed by atoms with E-state index in [1.165, 1.54) is 7.11 Å². The molecule has 0 aliphatic carbocycles. The highest BCUT2D eigenvalue weighted by molar-refractivity contribution is 5.75. The van der Waals surface area contributed by atoms with Gasteiger partial charge in [-0.25, -0.2) is 0 Å². The van der Waals surface area contributed by atoms with Crippen LogP contribution in [0.5, 0.6) is 0 Å². The fourth-order valence-electron chi connectivity index (χ4n) is 1.41. The number of nitrogens with two attached hydrogens (primary N) is 1. The van der Waals surface area contributed by atoms with Gasteiger partial charge >= 0.3 is 5.97 Å². The summed E-state index contributed by atoms with van der Waals surface area (Å²) in [5, 5.41) is 0. The smallest absolute Gasteiger partial charge is 0.322 e. The molecule has 0 radical (unpaired) electrons. The Morgan fingerprint density at radius 1 is 1.56 bits per heavy atom. The minimum absolute atomic E-state index is 0.411. The molecule has 86 valence electrons. The fourth-order valence-corrected chi connectivity index (χ4v) is 1.41. The van der Waals surface area contributed by atoms with Gasteiger partial charge in [-0.05, 0) is 24.5 Å². The van der Waals surface area contributed by atoms with E-state index in [1.807, 2.05) is 12.1 Å². The molecule has 0 saturated carbocycles. The molecule has 4 nitrogen and oxygen atoms in total. The van der Waals surface area contributed by atoms with Gasteiger partial charge in [0.1, 0.15) is 12.3 Å². The lowest BCUT2D eigenvalue weighted by molar-refractivity contribution is -0.142. The van der Waals surface area contributed by atoms with Crippen molar-refractivity contribution in [3.63, 3.8) is 0 Å². The van der Waals surface area contributed by atoms with Crippen LogP contribution in [0.25, 0.3) is 0 Å². The number of aryl methyl sites for hydroxylation is 1. The van der Waals surface area contributed by atoms with Gasteiger partial charge in [0.25, 0.3) is 0 Å². The molecule has 4 heteroatoms. The molecule has 0 aromatic heterocycles. The van der Waals surface area contributed by atoms with Gasteiger partial charge in [-0.3, -0.25) is 9.59 Å². The van der Waals surface area contributed by atoms with Gasteiger partial charge in [-0.1, -0.05) is 18.2 Å². The minimum Gasteiger partial charge on any atom is -0.468 e. The fraction of sp³-hybridized carbons (Fsp3) is 0.333. The zero-order valence-corrected chi connectivity index (χ0v) is 9.18. The number of carbonyl (C=O) groups excluding carboxylic acids is 2. The molecule has 0 bridgehead atoms. The number of esters is 1. The van der Waals surface area contributed by atoms with Crippen LogP contribution in [0.4, 0.5) is 0 Å². The highest BCUT2D eigenvalue weighted by Gasteiger charge is 2.13. The maximum absolute atomic E-state index is 11.1. The van der Waals surface area contributed by atoms with Crippen molar-refractivity contribution in [2.24, 2.45) is 5.73 Å². The first kappa shape index (κ1) is 12.4. The summed E-state index contributed by atoms with van der Waals surface area (Å²) in [7, 11) is 1.31. The zero-order valence-electron chi connectivity index (χ0n) is 9.18. The first-order valence-corrected chi connectivity index (χ1v) is 5.05. The Hall–Kier alpha value is -1.68. The quantitative estimate of drug-likeness (QED) is 0.593. The number of ether oxygens (including phenoxy) is 1. The van der Waals surface area contributed by atoms with Crippen molar-refractivity contribution in [1.82, 2.24) is 0 Å². The normalized spacial score (nSPS) is 11.9. The molecule has 0 saturated heterocycles. The molecule has 0 amide bonds. The molecule has 0 heterocycles. The molecule has 16 heavy (non-hydrogen) atoms. The number of hydrogen-bond donors (Lipinski definition) is 1. The summed E-state index contributed by atoms with van der Waals surface area (Å²) in [5.74, 6) is -0.411. The third-order valence-corrected chi connectivity index (χ3v) is 2.34. The molecule has 1 rings (SSSR count). The Balaban J connectivity index is 2.54. The molecule has 0 aliphatic rings. The number of benzene rings is 1. The molecule has 1 unspecified atom stereocenters. The van der Waals surface area contributed by atoms with E-state index in [0.717, 1.165) is 11.8 Å². The zero-order chi connectivity index (χ0) is 12.0. The van der Waals surface area contributed by atoms with Crippen LogP contribution in [-0.2, 0) is 16.0 Å². The Kier molecular flexibility index (Phi) is 4.66. The highest BCUT2D eigenvalue weighted by atomic mass is 16.5. The maximum atomic E-state index is 11.1. The van der Waals surface area contributed by atoms with Crippen LogP contribution in [0.1, 0.15) is 22.3 Å². The van der Waals surface area contributed by atoms with E-state index in [2.05, 4.69) is 4.74 Å². The average molecular weight is 221 g/mol. The molecule has 0 fully saturated rings. The standard InChI is InChI=1S/C12H15NO3/c1-16-12(15)11(13)6-5-9-3-2-4-10(7-9)8-14/h2-4,7-8,11H,5-6,13H2,1H3. The lowest BCUT2D eigenvalue weighted by atomic mass is 10.0. The topological polar surface area (TPSA) is 69.4 Å². The van der Waals surface area contributed by atoms with Crippen LogP contribution in [0, 0.1) is 0 Å². The molecule has 1 aromatic carbocycles. The van der Waals surface area contributed by atoms with Gasteiger partial charge in [0.2, 0.25) is 0 Å². The van der Waals surface area contributed by atoms with E-state index in [4.69, 9.17) is 5.73 Å². The number of methoxy groups -OCH3 is 1. The third-order valence-electron chi connectivity index (χ3n) is 2.34. The van der Waals surface area contributed by atoms with Crippen molar-refractivity contribution in [2.75, 3.05) is 7.11 Å². The average Bonchev–Trinajstić information content (AvgIpc) is 2.35. The van der Waals surface area contributed by atoms with Crippen LogP contribution in [0.3, 0.4) is 0 Å². The van der Waals surface area contributed by atoms with Gasteiger partial charge in [-0.15, -0.1) is 0 Å². The van der Waals surface area contributed by atoms with E-state index >= 15 is 0 Å². The molecule has 2 N–H and O–H groups in total. The van der Waals surface area contributed by atoms with Gasteiger partial charge in [0, 0.05) is 5.56 Å². The number of aldehydes is 1. The summed E-state index contributed by atoms with van der Waals surface area (Å²) in [6.45, 7) is 0. The molecule has 1 aromatic rings. The predicted molar refractivity (Wildman–Crippen MR) is 60.1 cm³/mol. The van der Waals surface area contributed by atoms with Crippen LogP contribution in [0.2, 0.25) is 0 Å². The van der Waals surface area contributed by atoms with E-state index < -0.39 is 12.0 Å². The molecular weight excluding hydrogens is 206 g/mol. The Bertz CT molecular complexity index is 376. The van der Waals surface area contributed by atoms with Crippen molar-refractivity contribution >= 4 is 12.3 Å². The molecular formula is C12H15NO3. The van der Waals surface area contributed by atoms with E-state index in [-0.39, 0.29) is 0 Å². The van der Waals surface area contributed by atoms with Crippen LogP contribution in [0.15, 0.2) is 24.3 Å². The number of carbonyl (C=O) groups is 2. The summed E-state index contributed by atoms with van der Waals surface area (Å²) < 4.78 is 4.53. The van der Waals surface area contributed by atoms with Gasteiger partial charge in [0.05, 0.1) is 7.11 Å². The Morgan fingerprint density at radius 2 is 2.31 bits per heavy atom. The second-order valence-electron chi connectivity index (χ2n) is 3.53. The monoisotopic (exact) mass is 221 g/mol. The molecule has 1 atom stereocenters. The predicted octanol–water partition coefficient (Wildman–Crippen LogP) is 0.932. The largest absolute Gasteiger partial charge is 0.468 e. The summed E-state index contributed by atoms with van der Waals surface area (Å²) in [5.41, 5.74) is 7.22. The van der Waals surface area contributed by atoms with Crippen molar-refractivity contribution < 1.29 is 14.3 Å². The number of hydrogen-bond acceptors (Lipinski definition) is 4. The minimum atomic E-state index is -0.607. The lowest BCUT2D eigenvalue weighted by Crippen LogP contribution is -2.31. The van der Waals surface area contributed by atoms with Crippen LogP contribution < -0.4 is 5.73 Å². The lowest BCUT2D eigenvalue weighted by Gasteiger charge is -2.08. The van der Waals surface area contributed by atoms with E-state index in [9.17, 15) is 9.59 Å². The second-order valence-corrected chi connectivity index (χ2v) is 3.53. The summed E-state index contributed by atoms with van der Waals surface area (Å²) in [6, 6.07) is 6.62. The maximum Gasteiger partial charge on any atom is 0.322 e. The Morgan fingerprint density at radius 3 is 2.94 bits per heavy atom. The van der Waals surface area contributed by atoms with Crippen molar-refractivity contribution in [2.45, 2.75) is 18.9 Å². The Labute approximate surface area is 94.4 Å². The van der Waals surface area contributed by atoms with Crippen LogP contribution >= 0.6 is 0 Å². The summed E-state index contributed by atoms with van der Waals surface area (Å²) in [4.78, 5) is 21.6. The van der Waals surface area contributed by atoms with Crippen LogP contribution in [-0.4, -0.2) is 25.4 Å². The first-order chi connectivity index (χ1) is 7.67. The van der Waals surface area contributed by atoms with Gasteiger partial charge in [0.15, 0.2) is 0 Å². The third kappa shape index (κ3) is 3.47.